The Morgan fingerprint density at radius 2 is 1.79 bits per heavy atom. The third-order valence-electron chi connectivity index (χ3n) is 6.16. The number of hydrogen-bond acceptors (Lipinski definition) is 4. The van der Waals surface area contributed by atoms with Crippen LogP contribution in [0, 0.1) is 17.8 Å². The molecule has 1 N–H and O–H groups in total. The van der Waals surface area contributed by atoms with Crippen LogP contribution in [0.5, 0.6) is 5.75 Å². The first-order valence-corrected chi connectivity index (χ1v) is 12.2. The maximum Gasteiger partial charge on any atom is 0.251 e. The predicted octanol–water partition coefficient (Wildman–Crippen LogP) is 3.67. The van der Waals surface area contributed by atoms with Crippen molar-refractivity contribution in [2.45, 2.75) is 57.3 Å². The van der Waals surface area contributed by atoms with Crippen molar-refractivity contribution in [2.75, 3.05) is 26.7 Å². The van der Waals surface area contributed by atoms with E-state index in [4.69, 9.17) is 4.74 Å². The zero-order valence-corrected chi connectivity index (χ0v) is 18.6. The Hall–Kier alpha value is -1.60. The second kappa shape index (κ2) is 9.47. The molecule has 0 bridgehead atoms. The van der Waals surface area contributed by atoms with Gasteiger partial charge in [0.05, 0.1) is 7.11 Å². The molecule has 2 atom stereocenters. The molecule has 3 rings (SSSR count). The van der Waals surface area contributed by atoms with Gasteiger partial charge in [0.1, 0.15) is 10.6 Å². The quantitative estimate of drug-likeness (QED) is 0.759. The molecule has 29 heavy (non-hydrogen) atoms. The average Bonchev–Trinajstić information content (AvgIpc) is 2.71. The summed E-state index contributed by atoms with van der Waals surface area (Å²) in [5, 5.41) is 2.99. The largest absolute Gasteiger partial charge is 0.495 e. The normalized spacial score (nSPS) is 24.2. The zero-order chi connectivity index (χ0) is 21.0. The molecular formula is C22H34N2O4S. The molecule has 1 amide bonds. The van der Waals surface area contributed by atoms with Crippen LogP contribution in [0.25, 0.3) is 0 Å². The summed E-state index contributed by atoms with van der Waals surface area (Å²) < 4.78 is 33.6. The van der Waals surface area contributed by atoms with E-state index in [-0.39, 0.29) is 16.6 Å². The van der Waals surface area contributed by atoms with E-state index in [1.54, 1.807) is 12.1 Å². The number of carbonyl (C=O) groups is 1. The van der Waals surface area contributed by atoms with Crippen LogP contribution in [0.3, 0.4) is 0 Å². The number of amides is 1. The lowest BCUT2D eigenvalue weighted by Crippen LogP contribution is -2.42. The van der Waals surface area contributed by atoms with Gasteiger partial charge in [-0.15, -0.1) is 0 Å². The minimum Gasteiger partial charge on any atom is -0.495 e. The molecule has 162 valence electrons. The smallest absolute Gasteiger partial charge is 0.251 e. The van der Waals surface area contributed by atoms with Crippen LogP contribution in [0.1, 0.15) is 62.7 Å². The van der Waals surface area contributed by atoms with Crippen molar-refractivity contribution < 1.29 is 17.9 Å². The van der Waals surface area contributed by atoms with E-state index < -0.39 is 10.0 Å². The fourth-order valence-corrected chi connectivity index (χ4v) is 6.55. The topological polar surface area (TPSA) is 75.7 Å². The number of nitrogens with one attached hydrogen (secondary N) is 1. The molecule has 1 saturated heterocycles. The number of hydrogen-bond donors (Lipinski definition) is 1. The monoisotopic (exact) mass is 422 g/mol. The van der Waals surface area contributed by atoms with Crippen molar-refractivity contribution >= 4 is 15.9 Å². The van der Waals surface area contributed by atoms with Gasteiger partial charge < -0.3 is 10.1 Å². The Balaban J connectivity index is 1.79. The van der Waals surface area contributed by atoms with Gasteiger partial charge in [-0.05, 0) is 55.2 Å². The highest BCUT2D eigenvalue weighted by molar-refractivity contribution is 7.89. The predicted molar refractivity (Wildman–Crippen MR) is 114 cm³/mol. The molecule has 7 heteroatoms. The van der Waals surface area contributed by atoms with E-state index in [1.165, 1.54) is 36.7 Å². The van der Waals surface area contributed by atoms with E-state index in [0.717, 1.165) is 19.3 Å². The highest BCUT2D eigenvalue weighted by Crippen LogP contribution is 2.32. The van der Waals surface area contributed by atoms with Gasteiger partial charge in [0, 0.05) is 25.2 Å². The van der Waals surface area contributed by atoms with Crippen molar-refractivity contribution in [3.63, 3.8) is 0 Å². The number of ether oxygens (including phenoxy) is 1. The van der Waals surface area contributed by atoms with Gasteiger partial charge in [-0.1, -0.05) is 33.1 Å². The molecule has 2 fully saturated rings. The van der Waals surface area contributed by atoms with Crippen molar-refractivity contribution in [3.8, 4) is 5.75 Å². The van der Waals surface area contributed by atoms with Crippen molar-refractivity contribution in [1.29, 1.82) is 0 Å². The SMILES string of the molecule is COc1ccc(C(=O)NCC2CCCCC2)cc1S(=O)(=O)N1CC(C)CC(C)C1. The molecular weight excluding hydrogens is 388 g/mol. The minimum absolute atomic E-state index is 0.0756. The van der Waals surface area contributed by atoms with Crippen LogP contribution in [0.4, 0.5) is 0 Å². The highest BCUT2D eigenvalue weighted by Gasteiger charge is 2.34. The van der Waals surface area contributed by atoms with Gasteiger partial charge in [-0.2, -0.15) is 4.31 Å². The van der Waals surface area contributed by atoms with Crippen molar-refractivity contribution in [2.24, 2.45) is 17.8 Å². The molecule has 0 aromatic heterocycles. The van der Waals surface area contributed by atoms with Crippen LogP contribution < -0.4 is 10.1 Å². The van der Waals surface area contributed by atoms with E-state index in [2.05, 4.69) is 19.2 Å². The van der Waals surface area contributed by atoms with Gasteiger partial charge in [-0.3, -0.25) is 4.79 Å². The maximum absolute atomic E-state index is 13.4. The second-order valence-electron chi connectivity index (χ2n) is 8.85. The van der Waals surface area contributed by atoms with E-state index in [1.807, 2.05) is 0 Å². The molecule has 1 aliphatic heterocycles. The van der Waals surface area contributed by atoms with Gasteiger partial charge in [-0.25, -0.2) is 8.42 Å². The summed E-state index contributed by atoms with van der Waals surface area (Å²) in [5.74, 6) is 1.18. The zero-order valence-electron chi connectivity index (χ0n) is 17.8. The second-order valence-corrected chi connectivity index (χ2v) is 10.8. The molecule has 1 aromatic rings. The third-order valence-corrected chi connectivity index (χ3v) is 8.01. The number of piperidine rings is 1. The maximum atomic E-state index is 13.4. The molecule has 2 unspecified atom stereocenters. The molecule has 6 nitrogen and oxygen atoms in total. The highest BCUT2D eigenvalue weighted by atomic mass is 32.2. The number of methoxy groups -OCH3 is 1. The summed E-state index contributed by atoms with van der Waals surface area (Å²) in [4.78, 5) is 12.8. The van der Waals surface area contributed by atoms with E-state index in [9.17, 15) is 13.2 Å². The molecule has 1 heterocycles. The molecule has 1 aliphatic carbocycles. The Kier molecular flexibility index (Phi) is 7.22. The van der Waals surface area contributed by atoms with Gasteiger partial charge in [0.2, 0.25) is 10.0 Å². The minimum atomic E-state index is -3.73. The van der Waals surface area contributed by atoms with E-state index in [0.29, 0.717) is 43.0 Å². The molecule has 1 saturated carbocycles. The van der Waals surface area contributed by atoms with Crippen LogP contribution in [0.15, 0.2) is 23.1 Å². The first-order valence-electron chi connectivity index (χ1n) is 10.8. The summed E-state index contributed by atoms with van der Waals surface area (Å²) in [6, 6.07) is 4.68. The Labute approximate surface area is 175 Å². The number of nitrogens with zero attached hydrogens (tertiary/aromatic N) is 1. The summed E-state index contributed by atoms with van der Waals surface area (Å²) in [6.07, 6.45) is 7.03. The summed E-state index contributed by atoms with van der Waals surface area (Å²) >= 11 is 0. The lowest BCUT2D eigenvalue weighted by atomic mass is 9.89. The van der Waals surface area contributed by atoms with E-state index >= 15 is 0 Å². The molecule has 0 radical (unpaired) electrons. The van der Waals surface area contributed by atoms with Crippen LogP contribution in [-0.2, 0) is 10.0 Å². The number of benzene rings is 1. The Morgan fingerprint density at radius 1 is 1.14 bits per heavy atom. The average molecular weight is 423 g/mol. The van der Waals surface area contributed by atoms with Crippen molar-refractivity contribution in [3.05, 3.63) is 23.8 Å². The van der Waals surface area contributed by atoms with Gasteiger partial charge >= 0.3 is 0 Å². The fourth-order valence-electron chi connectivity index (χ4n) is 4.69. The number of carbonyl (C=O) groups excluding carboxylic acids is 1. The lowest BCUT2D eigenvalue weighted by molar-refractivity contribution is 0.0943. The first kappa shape index (κ1) is 22.1. The molecule has 0 spiro atoms. The fraction of sp³-hybridized carbons (Fsp3) is 0.682. The van der Waals surface area contributed by atoms with Crippen LogP contribution >= 0.6 is 0 Å². The molecule has 1 aromatic carbocycles. The molecule has 2 aliphatic rings. The van der Waals surface area contributed by atoms with Gasteiger partial charge in [0.15, 0.2) is 0 Å². The summed E-state index contributed by atoms with van der Waals surface area (Å²) in [6.45, 7) is 5.78. The van der Waals surface area contributed by atoms with Crippen LogP contribution in [-0.4, -0.2) is 45.4 Å². The number of rotatable bonds is 6. The summed E-state index contributed by atoms with van der Waals surface area (Å²) in [5.41, 5.74) is 0.360. The van der Waals surface area contributed by atoms with Crippen molar-refractivity contribution in [1.82, 2.24) is 9.62 Å². The standard InChI is InChI=1S/C22H34N2O4S/c1-16-11-17(2)15-24(14-16)29(26,27)21-12-19(9-10-20(21)28-3)22(25)23-13-18-7-5-4-6-8-18/h9-10,12,16-18H,4-8,11,13-15H2,1-3H3,(H,23,25). The lowest BCUT2D eigenvalue weighted by Gasteiger charge is -2.34. The third kappa shape index (κ3) is 5.31. The summed E-state index contributed by atoms with van der Waals surface area (Å²) in [7, 11) is -2.28. The first-order chi connectivity index (χ1) is 13.8. The van der Waals surface area contributed by atoms with Crippen LogP contribution in [0.2, 0.25) is 0 Å². The number of sulfonamides is 1. The van der Waals surface area contributed by atoms with Gasteiger partial charge in [0.25, 0.3) is 5.91 Å². The Bertz CT molecular complexity index is 808. The Morgan fingerprint density at radius 3 is 2.41 bits per heavy atom.